The molecule has 1 unspecified atom stereocenters. The molecule has 1 aliphatic heterocycles. The minimum atomic E-state index is -3.66. The second-order valence-corrected chi connectivity index (χ2v) is 9.12. The number of nitrogens with zero attached hydrogens (tertiary/aromatic N) is 2. The number of sulfonamides is 1. The van der Waals surface area contributed by atoms with Gasteiger partial charge in [-0.15, -0.1) is 0 Å². The number of hydrogen-bond acceptors (Lipinski definition) is 4. The van der Waals surface area contributed by atoms with Gasteiger partial charge in [0, 0.05) is 25.0 Å². The van der Waals surface area contributed by atoms with Crippen LogP contribution in [-0.4, -0.2) is 37.8 Å². The van der Waals surface area contributed by atoms with Gasteiger partial charge in [0.15, 0.2) is 0 Å². The van der Waals surface area contributed by atoms with Crippen LogP contribution < -0.4 is 5.32 Å². The average Bonchev–Trinajstić information content (AvgIpc) is 2.69. The van der Waals surface area contributed by atoms with E-state index in [1.54, 1.807) is 12.1 Å². The average molecular weight is 375 g/mol. The van der Waals surface area contributed by atoms with E-state index in [0.717, 1.165) is 32.1 Å². The lowest BCUT2D eigenvalue weighted by molar-refractivity contribution is -0.126. The van der Waals surface area contributed by atoms with E-state index in [2.05, 4.69) is 5.32 Å². The molecular weight excluding hydrogens is 350 g/mol. The molecule has 1 aliphatic carbocycles. The molecule has 2 aliphatic rings. The maximum atomic E-state index is 12.9. The second kappa shape index (κ2) is 8.19. The number of amides is 1. The van der Waals surface area contributed by atoms with E-state index in [4.69, 9.17) is 5.26 Å². The largest absolute Gasteiger partial charge is 0.352 e. The van der Waals surface area contributed by atoms with Crippen molar-refractivity contribution in [3.63, 3.8) is 0 Å². The van der Waals surface area contributed by atoms with Crippen molar-refractivity contribution in [3.05, 3.63) is 29.8 Å². The van der Waals surface area contributed by atoms with Gasteiger partial charge in [-0.2, -0.15) is 9.57 Å². The number of nitriles is 1. The first-order valence-corrected chi connectivity index (χ1v) is 10.8. The Balaban J connectivity index is 1.67. The molecule has 1 aromatic carbocycles. The standard InChI is InChI=1S/C19H25N3O3S/c20-13-15-6-4-10-18(12-15)26(24,25)22-11-5-9-17(14-22)21-19(23)16-7-2-1-3-8-16/h4,6,10,12,16-17H,1-3,5,7-9,11,14H2,(H,21,23). The Kier molecular flexibility index (Phi) is 5.94. The van der Waals surface area contributed by atoms with E-state index in [1.807, 2.05) is 6.07 Å². The summed E-state index contributed by atoms with van der Waals surface area (Å²) in [6.45, 7) is 0.729. The van der Waals surface area contributed by atoms with Crippen LogP contribution in [0, 0.1) is 17.2 Å². The zero-order valence-electron chi connectivity index (χ0n) is 14.9. The number of carbonyl (C=O) groups is 1. The minimum Gasteiger partial charge on any atom is -0.352 e. The van der Waals surface area contributed by atoms with Gasteiger partial charge in [-0.25, -0.2) is 8.42 Å². The predicted octanol–water partition coefficient (Wildman–Crippen LogP) is 2.41. The van der Waals surface area contributed by atoms with Gasteiger partial charge in [-0.3, -0.25) is 4.79 Å². The van der Waals surface area contributed by atoms with E-state index >= 15 is 0 Å². The first-order valence-electron chi connectivity index (χ1n) is 9.31. The third-order valence-electron chi connectivity index (χ3n) is 5.31. The Labute approximate surface area is 155 Å². The zero-order chi connectivity index (χ0) is 18.6. The summed E-state index contributed by atoms with van der Waals surface area (Å²) in [7, 11) is -3.66. The van der Waals surface area contributed by atoms with E-state index in [1.165, 1.54) is 22.9 Å². The van der Waals surface area contributed by atoms with Crippen LogP contribution in [0.5, 0.6) is 0 Å². The lowest BCUT2D eigenvalue weighted by Gasteiger charge is -2.33. The van der Waals surface area contributed by atoms with Gasteiger partial charge in [-0.1, -0.05) is 25.3 Å². The van der Waals surface area contributed by atoms with Gasteiger partial charge >= 0.3 is 0 Å². The highest BCUT2D eigenvalue weighted by Crippen LogP contribution is 2.25. The second-order valence-electron chi connectivity index (χ2n) is 7.19. The molecule has 3 rings (SSSR count). The van der Waals surface area contributed by atoms with Gasteiger partial charge in [0.25, 0.3) is 0 Å². The van der Waals surface area contributed by atoms with Gasteiger partial charge < -0.3 is 5.32 Å². The number of rotatable bonds is 4. The quantitative estimate of drug-likeness (QED) is 0.875. The van der Waals surface area contributed by atoms with Crippen LogP contribution in [0.3, 0.4) is 0 Å². The molecule has 1 N–H and O–H groups in total. The van der Waals surface area contributed by atoms with E-state index in [0.29, 0.717) is 18.5 Å². The van der Waals surface area contributed by atoms with Crippen LogP contribution in [0.25, 0.3) is 0 Å². The molecule has 1 saturated carbocycles. The number of piperidine rings is 1. The monoisotopic (exact) mass is 375 g/mol. The number of benzene rings is 1. The summed E-state index contributed by atoms with van der Waals surface area (Å²) < 4.78 is 27.2. The van der Waals surface area contributed by atoms with Crippen LogP contribution in [-0.2, 0) is 14.8 Å². The Morgan fingerprint density at radius 3 is 2.65 bits per heavy atom. The lowest BCUT2D eigenvalue weighted by atomic mass is 9.88. The van der Waals surface area contributed by atoms with Crippen LogP contribution in [0.2, 0.25) is 0 Å². The molecule has 0 spiro atoms. The molecule has 7 heteroatoms. The summed E-state index contributed by atoms with van der Waals surface area (Å²) in [6, 6.07) is 7.91. The molecule has 1 saturated heterocycles. The normalized spacial score (nSPS) is 22.5. The molecule has 2 fully saturated rings. The van der Waals surface area contributed by atoms with Crippen LogP contribution >= 0.6 is 0 Å². The molecule has 1 aromatic rings. The summed E-state index contributed by atoms with van der Waals surface area (Å²) in [4.78, 5) is 12.6. The van der Waals surface area contributed by atoms with Crippen molar-refractivity contribution in [1.29, 1.82) is 5.26 Å². The number of nitrogens with one attached hydrogen (secondary N) is 1. The predicted molar refractivity (Wildman–Crippen MR) is 97.7 cm³/mol. The van der Waals surface area contributed by atoms with Gasteiger partial charge in [-0.05, 0) is 43.9 Å². The zero-order valence-corrected chi connectivity index (χ0v) is 15.7. The first-order chi connectivity index (χ1) is 12.5. The van der Waals surface area contributed by atoms with Gasteiger partial charge in [0.1, 0.15) is 0 Å². The molecule has 1 atom stereocenters. The lowest BCUT2D eigenvalue weighted by Crippen LogP contribution is -2.50. The van der Waals surface area contributed by atoms with Crippen molar-refractivity contribution >= 4 is 15.9 Å². The molecule has 140 valence electrons. The van der Waals surface area contributed by atoms with Crippen molar-refractivity contribution in [2.75, 3.05) is 13.1 Å². The number of carbonyl (C=O) groups excluding carboxylic acids is 1. The van der Waals surface area contributed by atoms with Crippen LogP contribution in [0.4, 0.5) is 0 Å². The highest BCUT2D eigenvalue weighted by atomic mass is 32.2. The number of hydrogen-bond donors (Lipinski definition) is 1. The van der Waals surface area contributed by atoms with Crippen LogP contribution in [0.1, 0.15) is 50.5 Å². The van der Waals surface area contributed by atoms with Crippen molar-refractivity contribution in [3.8, 4) is 6.07 Å². The topological polar surface area (TPSA) is 90.3 Å². The van der Waals surface area contributed by atoms with E-state index in [9.17, 15) is 13.2 Å². The third-order valence-corrected chi connectivity index (χ3v) is 7.17. The first kappa shape index (κ1) is 18.9. The third kappa shape index (κ3) is 4.25. The van der Waals surface area contributed by atoms with Crippen molar-refractivity contribution in [1.82, 2.24) is 9.62 Å². The highest BCUT2D eigenvalue weighted by molar-refractivity contribution is 7.89. The highest BCUT2D eigenvalue weighted by Gasteiger charge is 2.32. The fourth-order valence-corrected chi connectivity index (χ4v) is 5.41. The Morgan fingerprint density at radius 1 is 1.15 bits per heavy atom. The molecule has 0 radical (unpaired) electrons. The van der Waals surface area contributed by atoms with Crippen molar-refractivity contribution in [2.45, 2.75) is 55.9 Å². The fraction of sp³-hybridized carbons (Fsp3) is 0.579. The van der Waals surface area contributed by atoms with E-state index in [-0.39, 0.29) is 29.3 Å². The Bertz CT molecular complexity index is 794. The van der Waals surface area contributed by atoms with Crippen LogP contribution in [0.15, 0.2) is 29.2 Å². The molecule has 1 amide bonds. The molecule has 0 aromatic heterocycles. The van der Waals surface area contributed by atoms with Gasteiger partial charge in [0.2, 0.25) is 15.9 Å². The van der Waals surface area contributed by atoms with E-state index < -0.39 is 10.0 Å². The SMILES string of the molecule is N#Cc1cccc(S(=O)(=O)N2CCCC(NC(=O)C3CCCCC3)C2)c1. The Morgan fingerprint density at radius 2 is 1.92 bits per heavy atom. The van der Waals surface area contributed by atoms with Crippen molar-refractivity contribution < 1.29 is 13.2 Å². The summed E-state index contributed by atoms with van der Waals surface area (Å²) in [5.74, 6) is 0.142. The summed E-state index contributed by atoms with van der Waals surface area (Å²) in [5, 5.41) is 12.1. The smallest absolute Gasteiger partial charge is 0.243 e. The molecular formula is C19H25N3O3S. The molecule has 26 heavy (non-hydrogen) atoms. The fourth-order valence-electron chi connectivity index (χ4n) is 3.84. The summed E-state index contributed by atoms with van der Waals surface area (Å²) >= 11 is 0. The maximum Gasteiger partial charge on any atom is 0.243 e. The summed E-state index contributed by atoms with van der Waals surface area (Å²) in [5.41, 5.74) is 0.324. The van der Waals surface area contributed by atoms with Gasteiger partial charge in [0.05, 0.1) is 16.5 Å². The molecule has 1 heterocycles. The minimum absolute atomic E-state index is 0.0698. The van der Waals surface area contributed by atoms with Crippen molar-refractivity contribution in [2.24, 2.45) is 5.92 Å². The maximum absolute atomic E-state index is 12.9. The molecule has 6 nitrogen and oxygen atoms in total. The Hall–Kier alpha value is -1.91. The summed E-state index contributed by atoms with van der Waals surface area (Å²) in [6.07, 6.45) is 6.76. The molecule has 0 bridgehead atoms.